The zero-order valence-electron chi connectivity index (χ0n) is 16.4. The number of urea groups is 1. The van der Waals surface area contributed by atoms with Crippen LogP contribution in [0.5, 0.6) is 5.88 Å². The Morgan fingerprint density at radius 2 is 2.14 bits per heavy atom. The molecule has 2 N–H and O–H groups in total. The van der Waals surface area contributed by atoms with Crippen molar-refractivity contribution >= 4 is 34.0 Å². The van der Waals surface area contributed by atoms with Crippen LogP contribution in [0.2, 0.25) is 0 Å². The molecule has 0 radical (unpaired) electrons. The molecule has 1 aliphatic rings. The van der Waals surface area contributed by atoms with E-state index < -0.39 is 16.1 Å². The second kappa shape index (κ2) is 8.97. The molecular weight excluding hydrogens is 414 g/mol. The van der Waals surface area contributed by atoms with Crippen LogP contribution in [-0.2, 0) is 16.6 Å². The Kier molecular flexibility index (Phi) is 6.60. The van der Waals surface area contributed by atoms with Gasteiger partial charge in [0.1, 0.15) is 4.90 Å². The number of unbranched alkanes of at least 4 members (excludes halogenated alkanes) is 1. The summed E-state index contributed by atoms with van der Waals surface area (Å²) in [5.74, 6) is 0.216. The molecule has 11 heteroatoms. The highest BCUT2D eigenvalue weighted by Crippen LogP contribution is 2.40. The number of rotatable bonds is 7. The van der Waals surface area contributed by atoms with Crippen LogP contribution in [-0.4, -0.2) is 42.4 Å². The molecule has 2 aromatic rings. The van der Waals surface area contributed by atoms with Gasteiger partial charge >= 0.3 is 6.03 Å². The number of benzene rings is 1. The van der Waals surface area contributed by atoms with E-state index >= 15 is 0 Å². The van der Waals surface area contributed by atoms with Crippen LogP contribution in [0, 0.1) is 6.92 Å². The Morgan fingerprint density at radius 1 is 1.34 bits per heavy atom. The van der Waals surface area contributed by atoms with E-state index in [9.17, 15) is 13.2 Å². The molecule has 3 rings (SSSR count). The third kappa shape index (κ3) is 5.17. The van der Waals surface area contributed by atoms with E-state index in [1.54, 1.807) is 19.1 Å². The molecule has 1 aromatic heterocycles. The van der Waals surface area contributed by atoms with Crippen molar-refractivity contribution in [2.75, 3.05) is 19.0 Å². The Labute approximate surface area is 174 Å². The molecule has 2 heterocycles. The quantitative estimate of drug-likeness (QED) is 0.636. The van der Waals surface area contributed by atoms with E-state index in [2.05, 4.69) is 26.5 Å². The van der Waals surface area contributed by atoms with Gasteiger partial charge in [-0.25, -0.2) is 27.2 Å². The van der Waals surface area contributed by atoms with Crippen LogP contribution >= 0.6 is 11.9 Å². The normalized spacial score (nSPS) is 13.8. The van der Waals surface area contributed by atoms with Crippen LogP contribution in [0.1, 0.15) is 31.0 Å². The van der Waals surface area contributed by atoms with E-state index in [-0.39, 0.29) is 16.7 Å². The molecule has 0 fully saturated rings. The summed E-state index contributed by atoms with van der Waals surface area (Å²) in [5.41, 5.74) is 1.50. The standard InChI is InChI=1S/C18H23N5O4S2/c1-4-5-9-23-11-13-7-6-8-14(16(13)28-23)29(25,26)22-18(24)21-17-19-12(2)10-15(20-17)27-3/h6-8,10H,4-5,9,11H2,1-3H3,(H2,19,20,21,22,24). The van der Waals surface area contributed by atoms with Crippen molar-refractivity contribution in [2.24, 2.45) is 0 Å². The maximum Gasteiger partial charge on any atom is 0.335 e. The summed E-state index contributed by atoms with van der Waals surface area (Å²) in [6.07, 6.45) is 2.09. The van der Waals surface area contributed by atoms with E-state index in [1.807, 2.05) is 10.8 Å². The highest BCUT2D eigenvalue weighted by Gasteiger charge is 2.29. The summed E-state index contributed by atoms with van der Waals surface area (Å²) >= 11 is 1.41. The van der Waals surface area contributed by atoms with Gasteiger partial charge in [0, 0.05) is 29.7 Å². The average molecular weight is 438 g/mol. The van der Waals surface area contributed by atoms with E-state index in [0.717, 1.165) is 24.9 Å². The first-order valence-electron chi connectivity index (χ1n) is 9.10. The third-order valence-corrected chi connectivity index (χ3v) is 6.91. The van der Waals surface area contributed by atoms with E-state index in [4.69, 9.17) is 4.74 Å². The fourth-order valence-corrected chi connectivity index (χ4v) is 5.38. The number of carbonyl (C=O) groups excluding carboxylic acids is 1. The van der Waals surface area contributed by atoms with Gasteiger partial charge in [-0.05, 0) is 36.9 Å². The van der Waals surface area contributed by atoms with Gasteiger partial charge in [0.15, 0.2) is 0 Å². The van der Waals surface area contributed by atoms with Crippen molar-refractivity contribution in [3.05, 3.63) is 35.5 Å². The van der Waals surface area contributed by atoms with Gasteiger partial charge in [-0.3, -0.25) is 5.32 Å². The predicted octanol–water partition coefficient (Wildman–Crippen LogP) is 2.93. The van der Waals surface area contributed by atoms with Crippen LogP contribution in [0.25, 0.3) is 0 Å². The number of amides is 2. The van der Waals surface area contributed by atoms with Crippen LogP contribution in [0.15, 0.2) is 34.1 Å². The minimum atomic E-state index is -4.07. The average Bonchev–Trinajstić information content (AvgIpc) is 3.07. The molecule has 156 valence electrons. The fourth-order valence-electron chi connectivity index (χ4n) is 2.82. The van der Waals surface area contributed by atoms with Crippen LogP contribution in [0.3, 0.4) is 0 Å². The predicted molar refractivity (Wildman–Crippen MR) is 110 cm³/mol. The minimum Gasteiger partial charge on any atom is -0.481 e. The number of hydrogen-bond donors (Lipinski definition) is 2. The maximum absolute atomic E-state index is 12.8. The second-order valence-electron chi connectivity index (χ2n) is 6.49. The molecule has 0 bridgehead atoms. The SMILES string of the molecule is CCCCN1Cc2cccc(S(=O)(=O)NC(=O)Nc3nc(C)cc(OC)n3)c2S1. The molecule has 1 aromatic carbocycles. The smallest absolute Gasteiger partial charge is 0.335 e. The summed E-state index contributed by atoms with van der Waals surface area (Å²) in [4.78, 5) is 21.0. The number of ether oxygens (including phenoxy) is 1. The lowest BCUT2D eigenvalue weighted by molar-refractivity contribution is 0.256. The van der Waals surface area contributed by atoms with Crippen molar-refractivity contribution in [1.29, 1.82) is 0 Å². The Hall–Kier alpha value is -2.37. The fraction of sp³-hybridized carbons (Fsp3) is 0.389. The molecule has 9 nitrogen and oxygen atoms in total. The summed E-state index contributed by atoms with van der Waals surface area (Å²) < 4.78 is 34.9. The second-order valence-corrected chi connectivity index (χ2v) is 9.25. The Morgan fingerprint density at radius 3 is 2.86 bits per heavy atom. The van der Waals surface area contributed by atoms with Gasteiger partial charge in [-0.2, -0.15) is 4.98 Å². The molecule has 0 unspecified atom stereocenters. The number of carbonyl (C=O) groups is 1. The van der Waals surface area contributed by atoms with Crippen LogP contribution < -0.4 is 14.8 Å². The van der Waals surface area contributed by atoms with Gasteiger partial charge in [0.05, 0.1) is 7.11 Å². The van der Waals surface area contributed by atoms with E-state index in [0.29, 0.717) is 17.1 Å². The lowest BCUT2D eigenvalue weighted by Crippen LogP contribution is -2.35. The summed E-state index contributed by atoms with van der Waals surface area (Å²) in [6, 6.07) is 5.73. The van der Waals surface area contributed by atoms with Crippen molar-refractivity contribution in [1.82, 2.24) is 19.0 Å². The topological polar surface area (TPSA) is 114 Å². The molecule has 0 spiro atoms. The van der Waals surface area contributed by atoms with Crippen molar-refractivity contribution in [2.45, 2.75) is 43.0 Å². The Balaban J connectivity index is 1.75. The van der Waals surface area contributed by atoms with Gasteiger partial charge in [-0.1, -0.05) is 25.5 Å². The molecule has 0 saturated carbocycles. The molecule has 0 aliphatic carbocycles. The Bertz CT molecular complexity index is 1010. The summed E-state index contributed by atoms with van der Waals surface area (Å²) in [5, 5.41) is 2.34. The number of nitrogens with one attached hydrogen (secondary N) is 2. The van der Waals surface area contributed by atoms with Gasteiger partial charge in [0.2, 0.25) is 11.8 Å². The number of nitrogens with zero attached hydrogens (tertiary/aromatic N) is 3. The molecule has 0 atom stereocenters. The van der Waals surface area contributed by atoms with Crippen LogP contribution in [0.4, 0.5) is 10.7 Å². The molecule has 0 saturated heterocycles. The number of aryl methyl sites for hydroxylation is 1. The van der Waals surface area contributed by atoms with Crippen molar-refractivity contribution in [3.8, 4) is 5.88 Å². The number of sulfonamides is 1. The van der Waals surface area contributed by atoms with Gasteiger partial charge in [0.25, 0.3) is 10.0 Å². The molecular formula is C18H23N5O4S2. The van der Waals surface area contributed by atoms with Crippen molar-refractivity contribution < 1.29 is 17.9 Å². The first-order chi connectivity index (χ1) is 13.8. The van der Waals surface area contributed by atoms with E-state index in [1.165, 1.54) is 25.1 Å². The zero-order chi connectivity index (χ0) is 21.0. The minimum absolute atomic E-state index is 0.0482. The summed E-state index contributed by atoms with van der Waals surface area (Å²) in [7, 11) is -2.63. The van der Waals surface area contributed by atoms with Gasteiger partial charge < -0.3 is 4.74 Å². The monoisotopic (exact) mass is 437 g/mol. The molecule has 2 amide bonds. The zero-order valence-corrected chi connectivity index (χ0v) is 18.1. The highest BCUT2D eigenvalue weighted by molar-refractivity contribution is 7.98. The van der Waals surface area contributed by atoms with Gasteiger partial charge in [-0.15, -0.1) is 0 Å². The number of fused-ring (bicyclic) bond motifs is 1. The first-order valence-corrected chi connectivity index (χ1v) is 11.4. The number of methoxy groups -OCH3 is 1. The largest absolute Gasteiger partial charge is 0.481 e. The highest BCUT2D eigenvalue weighted by atomic mass is 32.2. The number of hydrogen-bond acceptors (Lipinski definition) is 8. The number of anilines is 1. The maximum atomic E-state index is 12.8. The number of aromatic nitrogens is 2. The molecule has 1 aliphatic heterocycles. The lowest BCUT2D eigenvalue weighted by atomic mass is 10.2. The molecule has 29 heavy (non-hydrogen) atoms. The third-order valence-electron chi connectivity index (χ3n) is 4.17. The lowest BCUT2D eigenvalue weighted by Gasteiger charge is -2.13. The first kappa shape index (κ1) is 21.3. The summed E-state index contributed by atoms with van der Waals surface area (Å²) in [6.45, 7) is 5.36. The van der Waals surface area contributed by atoms with Crippen molar-refractivity contribution in [3.63, 3.8) is 0 Å².